The molecule has 0 aliphatic rings. The first-order chi connectivity index (χ1) is 11.2. The van der Waals surface area contributed by atoms with Crippen molar-refractivity contribution in [3.63, 3.8) is 0 Å². The molecule has 0 fully saturated rings. The van der Waals surface area contributed by atoms with Crippen LogP contribution in [0, 0.1) is 13.8 Å². The quantitative estimate of drug-likeness (QED) is 0.784. The molecular weight excluding hydrogens is 286 g/mol. The molecule has 1 N–H and O–H groups in total. The number of anilines is 1. The van der Waals surface area contributed by atoms with Crippen molar-refractivity contribution in [2.24, 2.45) is 0 Å². The molecule has 3 aromatic rings. The maximum Gasteiger partial charge on any atom is 0.130 e. The van der Waals surface area contributed by atoms with E-state index >= 15 is 0 Å². The Balaban J connectivity index is 1.83. The molecule has 0 aliphatic heterocycles. The Bertz CT molecular complexity index is 807. The van der Waals surface area contributed by atoms with E-state index in [1.807, 2.05) is 49.0 Å². The van der Waals surface area contributed by atoms with Crippen molar-refractivity contribution in [3.05, 3.63) is 65.4 Å². The minimum absolute atomic E-state index is 0.689. The van der Waals surface area contributed by atoms with Crippen molar-refractivity contribution in [3.8, 4) is 5.69 Å². The van der Waals surface area contributed by atoms with Crippen LogP contribution in [0.3, 0.4) is 0 Å². The van der Waals surface area contributed by atoms with E-state index in [0.29, 0.717) is 6.54 Å². The highest BCUT2D eigenvalue weighted by molar-refractivity contribution is 5.44. The van der Waals surface area contributed by atoms with Gasteiger partial charge in [-0.25, -0.2) is 14.6 Å². The fraction of sp³-hybridized carbons (Fsp3) is 0.278. The predicted octanol–water partition coefficient (Wildman–Crippen LogP) is 3.45. The van der Waals surface area contributed by atoms with E-state index in [1.54, 1.807) is 0 Å². The van der Waals surface area contributed by atoms with Crippen LogP contribution in [0.25, 0.3) is 5.69 Å². The zero-order valence-electron chi connectivity index (χ0n) is 13.7. The molecule has 0 bridgehead atoms. The summed E-state index contributed by atoms with van der Waals surface area (Å²) in [7, 11) is 0. The lowest BCUT2D eigenvalue weighted by atomic mass is 10.1. The molecule has 5 heteroatoms. The monoisotopic (exact) mass is 307 g/mol. The van der Waals surface area contributed by atoms with Crippen LogP contribution < -0.4 is 5.32 Å². The Labute approximate surface area is 136 Å². The van der Waals surface area contributed by atoms with Gasteiger partial charge in [0.15, 0.2) is 0 Å². The number of benzene rings is 1. The lowest BCUT2D eigenvalue weighted by molar-refractivity contribution is 0.847. The number of hydrogen-bond acceptors (Lipinski definition) is 4. The first kappa shape index (κ1) is 15.2. The van der Waals surface area contributed by atoms with Gasteiger partial charge in [-0.1, -0.05) is 25.1 Å². The smallest absolute Gasteiger partial charge is 0.130 e. The summed E-state index contributed by atoms with van der Waals surface area (Å²) in [6.07, 6.45) is 2.89. The second kappa shape index (κ2) is 6.60. The van der Waals surface area contributed by atoms with Crippen molar-refractivity contribution in [2.45, 2.75) is 33.7 Å². The van der Waals surface area contributed by atoms with Crippen LogP contribution in [0.15, 0.2) is 42.6 Å². The van der Waals surface area contributed by atoms with Crippen LogP contribution in [0.2, 0.25) is 0 Å². The summed E-state index contributed by atoms with van der Waals surface area (Å²) in [5.41, 5.74) is 4.31. The van der Waals surface area contributed by atoms with Crippen molar-refractivity contribution in [1.82, 2.24) is 19.7 Å². The molecule has 0 spiro atoms. The van der Waals surface area contributed by atoms with Gasteiger partial charge in [0.2, 0.25) is 0 Å². The van der Waals surface area contributed by atoms with Crippen LogP contribution in [0.1, 0.15) is 29.7 Å². The summed E-state index contributed by atoms with van der Waals surface area (Å²) in [6, 6.07) is 12.3. The minimum atomic E-state index is 0.689. The van der Waals surface area contributed by atoms with E-state index < -0.39 is 0 Å². The van der Waals surface area contributed by atoms with E-state index in [4.69, 9.17) is 0 Å². The second-order valence-electron chi connectivity index (χ2n) is 5.53. The Morgan fingerprint density at radius 1 is 1.09 bits per heavy atom. The summed E-state index contributed by atoms with van der Waals surface area (Å²) < 4.78 is 1.91. The van der Waals surface area contributed by atoms with E-state index in [9.17, 15) is 0 Å². The van der Waals surface area contributed by atoms with Crippen molar-refractivity contribution >= 4 is 5.82 Å². The number of hydrogen-bond donors (Lipinski definition) is 1. The molecule has 23 heavy (non-hydrogen) atoms. The average molecular weight is 307 g/mol. The molecule has 0 atom stereocenters. The van der Waals surface area contributed by atoms with Crippen LogP contribution in [-0.2, 0) is 13.0 Å². The molecule has 2 aromatic heterocycles. The van der Waals surface area contributed by atoms with E-state index in [0.717, 1.165) is 35.1 Å². The van der Waals surface area contributed by atoms with Gasteiger partial charge in [-0.15, -0.1) is 0 Å². The lowest BCUT2D eigenvalue weighted by Crippen LogP contribution is -2.08. The number of aromatic nitrogens is 4. The van der Waals surface area contributed by atoms with Crippen molar-refractivity contribution in [2.75, 3.05) is 5.32 Å². The third-order valence-corrected chi connectivity index (χ3v) is 3.67. The maximum atomic E-state index is 4.50. The third-order valence-electron chi connectivity index (χ3n) is 3.67. The Morgan fingerprint density at radius 2 is 1.91 bits per heavy atom. The molecule has 1 aromatic carbocycles. The van der Waals surface area contributed by atoms with Gasteiger partial charge in [-0.2, -0.15) is 5.10 Å². The fourth-order valence-corrected chi connectivity index (χ4v) is 2.52. The first-order valence-electron chi connectivity index (χ1n) is 7.84. The summed E-state index contributed by atoms with van der Waals surface area (Å²) in [5, 5.41) is 7.90. The highest BCUT2D eigenvalue weighted by atomic mass is 15.3. The van der Waals surface area contributed by atoms with Crippen molar-refractivity contribution < 1.29 is 0 Å². The highest BCUT2D eigenvalue weighted by Gasteiger charge is 2.06. The van der Waals surface area contributed by atoms with Gasteiger partial charge >= 0.3 is 0 Å². The zero-order valence-corrected chi connectivity index (χ0v) is 13.7. The van der Waals surface area contributed by atoms with Gasteiger partial charge < -0.3 is 5.32 Å². The number of aryl methyl sites for hydroxylation is 3. The predicted molar refractivity (Wildman–Crippen MR) is 91.8 cm³/mol. The molecule has 0 radical (unpaired) electrons. The SMILES string of the molecule is CCc1cc(NCc2ccccc2-n2ccc(C)n2)nc(C)n1. The van der Waals surface area contributed by atoms with Crippen LogP contribution in [-0.4, -0.2) is 19.7 Å². The summed E-state index contributed by atoms with van der Waals surface area (Å²) in [5.74, 6) is 1.66. The molecule has 0 saturated heterocycles. The van der Waals surface area contributed by atoms with E-state index in [-0.39, 0.29) is 0 Å². The number of nitrogens with one attached hydrogen (secondary N) is 1. The summed E-state index contributed by atoms with van der Waals surface area (Å²) in [6.45, 7) is 6.70. The first-order valence-corrected chi connectivity index (χ1v) is 7.84. The average Bonchev–Trinajstić information content (AvgIpc) is 2.99. The highest BCUT2D eigenvalue weighted by Crippen LogP contribution is 2.16. The molecule has 0 amide bonds. The van der Waals surface area contributed by atoms with Gasteiger partial charge in [0, 0.05) is 24.5 Å². The molecule has 118 valence electrons. The standard InChI is InChI=1S/C18H21N5/c1-4-16-11-18(21-14(3)20-16)19-12-15-7-5-6-8-17(15)23-10-9-13(2)22-23/h5-11H,4,12H2,1-3H3,(H,19,20,21). The van der Waals surface area contributed by atoms with E-state index in [2.05, 4.69) is 39.4 Å². The number of para-hydroxylation sites is 1. The Morgan fingerprint density at radius 3 is 2.65 bits per heavy atom. The lowest BCUT2D eigenvalue weighted by Gasteiger charge is -2.12. The van der Waals surface area contributed by atoms with Gasteiger partial charge in [0.25, 0.3) is 0 Å². The number of rotatable bonds is 5. The van der Waals surface area contributed by atoms with E-state index in [1.165, 1.54) is 5.56 Å². The van der Waals surface area contributed by atoms with Gasteiger partial charge in [0.05, 0.1) is 11.4 Å². The van der Waals surface area contributed by atoms with Crippen LogP contribution in [0.5, 0.6) is 0 Å². The Hall–Kier alpha value is -2.69. The molecular formula is C18H21N5. The fourth-order valence-electron chi connectivity index (χ4n) is 2.52. The summed E-state index contributed by atoms with van der Waals surface area (Å²) >= 11 is 0. The largest absolute Gasteiger partial charge is 0.366 e. The zero-order chi connectivity index (χ0) is 16.2. The van der Waals surface area contributed by atoms with Crippen molar-refractivity contribution in [1.29, 1.82) is 0 Å². The molecule has 3 rings (SSSR count). The van der Waals surface area contributed by atoms with Crippen LogP contribution >= 0.6 is 0 Å². The number of nitrogens with zero attached hydrogens (tertiary/aromatic N) is 4. The maximum absolute atomic E-state index is 4.50. The molecule has 2 heterocycles. The Kier molecular flexibility index (Phi) is 4.37. The third kappa shape index (κ3) is 3.56. The topological polar surface area (TPSA) is 55.6 Å². The summed E-state index contributed by atoms with van der Waals surface area (Å²) in [4.78, 5) is 8.87. The molecule has 5 nitrogen and oxygen atoms in total. The molecule has 0 unspecified atom stereocenters. The molecule has 0 saturated carbocycles. The van der Waals surface area contributed by atoms with Gasteiger partial charge in [-0.3, -0.25) is 0 Å². The minimum Gasteiger partial charge on any atom is -0.366 e. The second-order valence-corrected chi connectivity index (χ2v) is 5.53. The normalized spacial score (nSPS) is 10.7. The van der Waals surface area contributed by atoms with Gasteiger partial charge in [-0.05, 0) is 38.0 Å². The molecule has 0 aliphatic carbocycles. The van der Waals surface area contributed by atoms with Gasteiger partial charge in [0.1, 0.15) is 11.6 Å². The van der Waals surface area contributed by atoms with Crippen LogP contribution in [0.4, 0.5) is 5.82 Å².